The normalized spacial score (nSPS) is 16.5. The average molecular weight is 360 g/mol. The summed E-state index contributed by atoms with van der Waals surface area (Å²) in [6.45, 7) is 4.98. The molecule has 2 aromatic carbocycles. The van der Waals surface area contributed by atoms with E-state index in [4.69, 9.17) is 11.6 Å². The van der Waals surface area contributed by atoms with E-state index in [0.29, 0.717) is 16.5 Å². The molecular formula is C19H22ClN3O2. The lowest BCUT2D eigenvalue weighted by molar-refractivity contribution is -0.120. The van der Waals surface area contributed by atoms with Gasteiger partial charge in [0.05, 0.1) is 11.7 Å². The first kappa shape index (κ1) is 17.6. The number of nitrogens with one attached hydrogen (secondary N) is 1. The molecule has 6 heteroatoms. The Morgan fingerprint density at radius 2 is 1.84 bits per heavy atom. The second-order valence-electron chi connectivity index (χ2n) is 6.19. The quantitative estimate of drug-likeness (QED) is 0.880. The van der Waals surface area contributed by atoms with Gasteiger partial charge in [-0.15, -0.1) is 0 Å². The number of amides is 1. The first-order valence-electron chi connectivity index (χ1n) is 8.38. The second-order valence-corrected chi connectivity index (χ2v) is 6.62. The van der Waals surface area contributed by atoms with Crippen LogP contribution in [-0.2, 0) is 4.79 Å². The van der Waals surface area contributed by atoms with Crippen molar-refractivity contribution in [1.29, 1.82) is 0 Å². The summed E-state index contributed by atoms with van der Waals surface area (Å²) in [5, 5.41) is 13.5. The van der Waals surface area contributed by atoms with Crippen molar-refractivity contribution in [1.82, 2.24) is 4.90 Å². The zero-order valence-corrected chi connectivity index (χ0v) is 14.9. The molecule has 1 saturated heterocycles. The maximum absolute atomic E-state index is 12.5. The van der Waals surface area contributed by atoms with E-state index in [9.17, 15) is 9.90 Å². The number of piperazine rings is 1. The third-order valence-corrected chi connectivity index (χ3v) is 4.79. The molecule has 0 aromatic heterocycles. The standard InChI is InChI=1S/C19H22ClN3O2/c1-14(19(25)21-16-6-4-5-15(20)13-16)22-9-11-23(12-10-22)17-7-2-3-8-18(17)24/h2-8,13-14,24H,9-12H2,1H3,(H,21,25)/t14-/m0/s1. The number of hydrogen-bond acceptors (Lipinski definition) is 4. The molecule has 3 rings (SSSR count). The molecule has 0 unspecified atom stereocenters. The van der Waals surface area contributed by atoms with E-state index in [1.54, 1.807) is 18.2 Å². The smallest absolute Gasteiger partial charge is 0.241 e. The van der Waals surface area contributed by atoms with Crippen molar-refractivity contribution in [3.63, 3.8) is 0 Å². The van der Waals surface area contributed by atoms with Crippen molar-refractivity contribution in [2.75, 3.05) is 36.4 Å². The highest BCUT2D eigenvalue weighted by Crippen LogP contribution is 2.27. The van der Waals surface area contributed by atoms with Gasteiger partial charge in [-0.05, 0) is 37.3 Å². The Kier molecular flexibility index (Phi) is 5.46. The Morgan fingerprint density at radius 1 is 1.12 bits per heavy atom. The number of halogens is 1. The number of phenols is 1. The molecule has 0 aliphatic carbocycles. The Labute approximate surface area is 152 Å². The molecule has 1 heterocycles. The summed E-state index contributed by atoms with van der Waals surface area (Å²) in [5.74, 6) is 0.251. The van der Waals surface area contributed by atoms with E-state index in [2.05, 4.69) is 15.1 Å². The van der Waals surface area contributed by atoms with Gasteiger partial charge in [0.25, 0.3) is 0 Å². The van der Waals surface area contributed by atoms with Crippen LogP contribution >= 0.6 is 11.6 Å². The predicted octanol–water partition coefficient (Wildman–Crippen LogP) is 3.19. The minimum absolute atomic E-state index is 0.0433. The summed E-state index contributed by atoms with van der Waals surface area (Å²) in [7, 11) is 0. The number of anilines is 2. The summed E-state index contributed by atoms with van der Waals surface area (Å²) in [6, 6.07) is 14.3. The Balaban J connectivity index is 1.57. The Hall–Kier alpha value is -2.24. The van der Waals surface area contributed by atoms with Gasteiger partial charge in [-0.2, -0.15) is 0 Å². The molecule has 1 amide bonds. The Bertz CT molecular complexity index is 745. The molecule has 5 nitrogen and oxygen atoms in total. The third-order valence-electron chi connectivity index (χ3n) is 4.56. The summed E-state index contributed by atoms with van der Waals surface area (Å²) < 4.78 is 0. The molecule has 0 bridgehead atoms. The zero-order chi connectivity index (χ0) is 17.8. The van der Waals surface area contributed by atoms with E-state index in [1.165, 1.54) is 0 Å². The maximum Gasteiger partial charge on any atom is 0.241 e. The lowest BCUT2D eigenvalue weighted by atomic mass is 10.2. The molecule has 25 heavy (non-hydrogen) atoms. The predicted molar refractivity (Wildman–Crippen MR) is 101 cm³/mol. The van der Waals surface area contributed by atoms with Crippen LogP contribution in [0.5, 0.6) is 5.75 Å². The van der Waals surface area contributed by atoms with Crippen molar-refractivity contribution in [2.24, 2.45) is 0 Å². The molecular weight excluding hydrogens is 338 g/mol. The molecule has 1 aliphatic heterocycles. The van der Waals surface area contributed by atoms with Crippen LogP contribution in [0.15, 0.2) is 48.5 Å². The van der Waals surface area contributed by atoms with Gasteiger partial charge in [-0.1, -0.05) is 29.8 Å². The minimum atomic E-state index is -0.231. The summed E-state index contributed by atoms with van der Waals surface area (Å²) in [5.41, 5.74) is 1.55. The molecule has 132 valence electrons. The van der Waals surface area contributed by atoms with E-state index < -0.39 is 0 Å². The minimum Gasteiger partial charge on any atom is -0.506 e. The van der Waals surface area contributed by atoms with Crippen LogP contribution in [0.25, 0.3) is 0 Å². The number of carbonyl (C=O) groups excluding carboxylic acids is 1. The van der Waals surface area contributed by atoms with Gasteiger partial charge in [0, 0.05) is 36.9 Å². The molecule has 0 spiro atoms. The molecule has 2 N–H and O–H groups in total. The molecule has 1 fully saturated rings. The number of aromatic hydroxyl groups is 1. The summed E-state index contributed by atoms with van der Waals surface area (Å²) >= 11 is 5.96. The van der Waals surface area contributed by atoms with Crippen molar-refractivity contribution in [3.8, 4) is 5.75 Å². The number of nitrogens with zero attached hydrogens (tertiary/aromatic N) is 2. The summed E-state index contributed by atoms with van der Waals surface area (Å²) in [6.07, 6.45) is 0. The lowest BCUT2D eigenvalue weighted by Crippen LogP contribution is -2.52. The van der Waals surface area contributed by atoms with Gasteiger partial charge < -0.3 is 15.3 Å². The van der Waals surface area contributed by atoms with Crippen LogP contribution in [-0.4, -0.2) is 48.1 Å². The highest BCUT2D eigenvalue weighted by Gasteiger charge is 2.26. The van der Waals surface area contributed by atoms with Gasteiger partial charge >= 0.3 is 0 Å². The second kappa shape index (κ2) is 7.76. The van der Waals surface area contributed by atoms with E-state index >= 15 is 0 Å². The van der Waals surface area contributed by atoms with Gasteiger partial charge in [0.15, 0.2) is 0 Å². The van der Waals surface area contributed by atoms with Crippen molar-refractivity contribution >= 4 is 28.9 Å². The molecule has 2 aromatic rings. The number of benzene rings is 2. The van der Waals surface area contributed by atoms with Crippen LogP contribution in [0.1, 0.15) is 6.92 Å². The van der Waals surface area contributed by atoms with Crippen molar-refractivity contribution in [2.45, 2.75) is 13.0 Å². The van der Waals surface area contributed by atoms with E-state index in [1.807, 2.05) is 37.3 Å². The first-order valence-corrected chi connectivity index (χ1v) is 8.76. The SMILES string of the molecule is C[C@@H](C(=O)Nc1cccc(Cl)c1)N1CCN(c2ccccc2O)CC1. The highest BCUT2D eigenvalue weighted by molar-refractivity contribution is 6.30. The fraction of sp³-hybridized carbons (Fsp3) is 0.316. The van der Waals surface area contributed by atoms with Gasteiger partial charge in [0.2, 0.25) is 5.91 Å². The van der Waals surface area contributed by atoms with Crippen molar-refractivity contribution < 1.29 is 9.90 Å². The summed E-state index contributed by atoms with van der Waals surface area (Å²) in [4.78, 5) is 16.8. The topological polar surface area (TPSA) is 55.8 Å². The van der Waals surface area contributed by atoms with Gasteiger partial charge in [0.1, 0.15) is 5.75 Å². The monoisotopic (exact) mass is 359 g/mol. The first-order chi connectivity index (χ1) is 12.0. The largest absolute Gasteiger partial charge is 0.506 e. The van der Waals surface area contributed by atoms with Crippen LogP contribution in [0.2, 0.25) is 5.02 Å². The molecule has 0 saturated carbocycles. The fourth-order valence-corrected chi connectivity index (χ4v) is 3.25. The van der Waals surface area contributed by atoms with E-state index in [0.717, 1.165) is 31.9 Å². The van der Waals surface area contributed by atoms with Crippen LogP contribution in [0.3, 0.4) is 0 Å². The Morgan fingerprint density at radius 3 is 2.52 bits per heavy atom. The number of phenolic OH excluding ortho intramolecular Hbond substituents is 1. The highest BCUT2D eigenvalue weighted by atomic mass is 35.5. The van der Waals surface area contributed by atoms with Crippen molar-refractivity contribution in [3.05, 3.63) is 53.6 Å². The molecule has 0 radical (unpaired) electrons. The number of para-hydroxylation sites is 2. The molecule has 1 atom stereocenters. The zero-order valence-electron chi connectivity index (χ0n) is 14.2. The molecule has 1 aliphatic rings. The van der Waals surface area contributed by atoms with Crippen LogP contribution in [0.4, 0.5) is 11.4 Å². The maximum atomic E-state index is 12.5. The van der Waals surface area contributed by atoms with Crippen LogP contribution in [0, 0.1) is 0 Å². The van der Waals surface area contributed by atoms with Gasteiger partial charge in [-0.25, -0.2) is 0 Å². The third kappa shape index (κ3) is 4.24. The van der Waals surface area contributed by atoms with Gasteiger partial charge in [-0.3, -0.25) is 9.69 Å². The van der Waals surface area contributed by atoms with E-state index in [-0.39, 0.29) is 11.9 Å². The fourth-order valence-electron chi connectivity index (χ4n) is 3.06. The lowest BCUT2D eigenvalue weighted by Gasteiger charge is -2.38. The average Bonchev–Trinajstić information content (AvgIpc) is 2.62. The van der Waals surface area contributed by atoms with Crippen LogP contribution < -0.4 is 10.2 Å². The number of carbonyl (C=O) groups is 1. The number of hydrogen-bond donors (Lipinski definition) is 2. The number of rotatable bonds is 4.